The average molecular weight is 316 g/mol. The van der Waals surface area contributed by atoms with Crippen molar-refractivity contribution < 1.29 is 9.90 Å². The van der Waals surface area contributed by atoms with Gasteiger partial charge in [0.05, 0.1) is 5.75 Å². The lowest BCUT2D eigenvalue weighted by molar-refractivity contribution is -0.133. The first-order valence-electron chi connectivity index (χ1n) is 6.57. The van der Waals surface area contributed by atoms with Gasteiger partial charge >= 0.3 is 5.97 Å². The molecule has 2 N–H and O–H groups in total. The maximum absolute atomic E-state index is 10.5. The highest BCUT2D eigenvalue weighted by molar-refractivity contribution is 8.01. The van der Waals surface area contributed by atoms with Crippen molar-refractivity contribution in [2.24, 2.45) is 5.41 Å². The Balaban J connectivity index is 1.80. The summed E-state index contributed by atoms with van der Waals surface area (Å²) < 4.78 is 0.698. The van der Waals surface area contributed by atoms with Crippen molar-refractivity contribution in [2.45, 2.75) is 24.1 Å². The van der Waals surface area contributed by atoms with E-state index in [-0.39, 0.29) is 5.75 Å². The third kappa shape index (κ3) is 4.60. The Morgan fingerprint density at radius 1 is 1.50 bits per heavy atom. The predicted molar refractivity (Wildman–Crippen MR) is 81.6 cm³/mol. The molecule has 0 aliphatic carbocycles. The van der Waals surface area contributed by atoms with E-state index in [2.05, 4.69) is 34.4 Å². The van der Waals surface area contributed by atoms with Crippen LogP contribution in [-0.4, -0.2) is 58.6 Å². The molecule has 1 saturated heterocycles. The van der Waals surface area contributed by atoms with Crippen LogP contribution < -0.4 is 5.32 Å². The van der Waals surface area contributed by atoms with Crippen LogP contribution in [-0.2, 0) is 4.79 Å². The summed E-state index contributed by atoms with van der Waals surface area (Å²) in [5, 5.41) is 20.8. The summed E-state index contributed by atoms with van der Waals surface area (Å²) in [6.07, 6.45) is 2.35. The molecule has 8 heteroatoms. The third-order valence-electron chi connectivity index (χ3n) is 3.59. The Morgan fingerprint density at radius 2 is 2.20 bits per heavy atom. The van der Waals surface area contributed by atoms with Crippen LogP contribution in [0.25, 0.3) is 0 Å². The molecule has 0 radical (unpaired) electrons. The molecule has 1 aromatic rings. The number of hydrogen-bond donors (Lipinski definition) is 2. The van der Waals surface area contributed by atoms with Crippen molar-refractivity contribution in [3.05, 3.63) is 0 Å². The van der Waals surface area contributed by atoms with E-state index in [1.165, 1.54) is 35.9 Å². The summed E-state index contributed by atoms with van der Waals surface area (Å²) >= 11 is 2.63. The van der Waals surface area contributed by atoms with Gasteiger partial charge < -0.3 is 15.3 Å². The number of carboxylic acids is 1. The monoisotopic (exact) mass is 316 g/mol. The topological polar surface area (TPSA) is 78.3 Å². The zero-order chi connectivity index (χ0) is 14.6. The second kappa shape index (κ2) is 6.73. The first-order valence-corrected chi connectivity index (χ1v) is 8.38. The van der Waals surface area contributed by atoms with E-state index >= 15 is 0 Å². The lowest BCUT2D eigenvalue weighted by Crippen LogP contribution is -2.40. The van der Waals surface area contributed by atoms with Crippen LogP contribution in [0, 0.1) is 5.41 Å². The average Bonchev–Trinajstić information content (AvgIpc) is 2.86. The minimum absolute atomic E-state index is 0.0265. The van der Waals surface area contributed by atoms with E-state index in [4.69, 9.17) is 5.11 Å². The quantitative estimate of drug-likeness (QED) is 0.776. The van der Waals surface area contributed by atoms with E-state index in [1.807, 2.05) is 0 Å². The number of anilines is 1. The van der Waals surface area contributed by atoms with Crippen molar-refractivity contribution >= 4 is 34.2 Å². The molecule has 2 heterocycles. The fourth-order valence-corrected chi connectivity index (χ4v) is 3.55. The van der Waals surface area contributed by atoms with Crippen molar-refractivity contribution in [3.63, 3.8) is 0 Å². The second-order valence-electron chi connectivity index (χ2n) is 5.52. The normalized spacial score (nSPS) is 18.9. The number of carbonyl (C=O) groups is 1. The van der Waals surface area contributed by atoms with Gasteiger partial charge in [-0.1, -0.05) is 30.0 Å². The number of likely N-dealkylation sites (tertiary alicyclic amines) is 1. The highest BCUT2D eigenvalue weighted by Gasteiger charge is 2.28. The third-order valence-corrected chi connectivity index (χ3v) is 5.59. The molecule has 1 aromatic heterocycles. The minimum atomic E-state index is -0.835. The maximum Gasteiger partial charge on any atom is 0.313 e. The Bertz CT molecular complexity index is 458. The molecular formula is C12H20N4O2S2. The van der Waals surface area contributed by atoms with Gasteiger partial charge in [0.2, 0.25) is 5.13 Å². The standard InChI is InChI=1S/C12H20N4O2S2/c1-12(3-5-16(2)6-4-12)8-13-10-14-15-11(20-10)19-7-9(17)18/h3-8H2,1-2H3,(H,13,14)(H,17,18). The van der Waals surface area contributed by atoms with Crippen molar-refractivity contribution in [3.8, 4) is 0 Å². The molecule has 0 bridgehead atoms. The number of piperidine rings is 1. The number of nitrogens with one attached hydrogen (secondary N) is 1. The molecule has 0 atom stereocenters. The van der Waals surface area contributed by atoms with E-state index in [0.29, 0.717) is 9.75 Å². The molecule has 6 nitrogen and oxygen atoms in total. The molecule has 1 aliphatic heterocycles. The Hall–Kier alpha value is -0.860. The fourth-order valence-electron chi connectivity index (χ4n) is 2.09. The number of thioether (sulfide) groups is 1. The van der Waals surface area contributed by atoms with Crippen LogP contribution in [0.2, 0.25) is 0 Å². The first kappa shape index (κ1) is 15.5. The van der Waals surface area contributed by atoms with Crippen LogP contribution in [0.1, 0.15) is 19.8 Å². The molecule has 1 aliphatic rings. The SMILES string of the molecule is CN1CCC(C)(CNc2nnc(SCC(=O)O)s2)CC1. The van der Waals surface area contributed by atoms with Gasteiger partial charge in [0.1, 0.15) is 0 Å². The van der Waals surface area contributed by atoms with E-state index in [0.717, 1.165) is 24.8 Å². The van der Waals surface area contributed by atoms with Crippen LogP contribution in [0.5, 0.6) is 0 Å². The summed E-state index contributed by atoms with van der Waals surface area (Å²) in [7, 11) is 2.16. The molecule has 0 spiro atoms. The second-order valence-corrected chi connectivity index (χ2v) is 7.72. The zero-order valence-electron chi connectivity index (χ0n) is 11.8. The maximum atomic E-state index is 10.5. The Morgan fingerprint density at radius 3 is 2.85 bits per heavy atom. The molecule has 112 valence electrons. The minimum Gasteiger partial charge on any atom is -0.481 e. The number of nitrogens with zero attached hydrogens (tertiary/aromatic N) is 3. The van der Waals surface area contributed by atoms with E-state index < -0.39 is 5.97 Å². The number of rotatable bonds is 6. The lowest BCUT2D eigenvalue weighted by atomic mass is 9.80. The van der Waals surface area contributed by atoms with Crippen molar-refractivity contribution in [1.29, 1.82) is 0 Å². The highest BCUT2D eigenvalue weighted by Crippen LogP contribution is 2.32. The Labute approximate surface area is 127 Å². The van der Waals surface area contributed by atoms with Crippen molar-refractivity contribution in [2.75, 3.05) is 37.8 Å². The van der Waals surface area contributed by atoms with Gasteiger partial charge in [0, 0.05) is 6.54 Å². The highest BCUT2D eigenvalue weighted by atomic mass is 32.2. The molecule has 20 heavy (non-hydrogen) atoms. The van der Waals surface area contributed by atoms with Gasteiger partial charge in [-0.15, -0.1) is 10.2 Å². The van der Waals surface area contributed by atoms with Crippen LogP contribution in [0.4, 0.5) is 5.13 Å². The summed E-state index contributed by atoms with van der Waals surface area (Å²) in [6.45, 7) is 5.45. The number of aliphatic carboxylic acids is 1. The van der Waals surface area contributed by atoms with E-state index in [1.54, 1.807) is 0 Å². The van der Waals surface area contributed by atoms with Crippen molar-refractivity contribution in [1.82, 2.24) is 15.1 Å². The van der Waals surface area contributed by atoms with Gasteiger partial charge in [-0.05, 0) is 38.4 Å². The fraction of sp³-hybridized carbons (Fsp3) is 0.750. The Kier molecular flexibility index (Phi) is 5.22. The first-order chi connectivity index (χ1) is 9.47. The van der Waals surface area contributed by atoms with Gasteiger partial charge in [0.15, 0.2) is 4.34 Å². The smallest absolute Gasteiger partial charge is 0.313 e. The van der Waals surface area contributed by atoms with E-state index in [9.17, 15) is 4.79 Å². The summed E-state index contributed by atoms with van der Waals surface area (Å²) in [5.74, 6) is -0.808. The predicted octanol–water partition coefficient (Wildman–Crippen LogP) is 1.86. The van der Waals surface area contributed by atoms with Crippen LogP contribution >= 0.6 is 23.1 Å². The summed E-state index contributed by atoms with van der Waals surface area (Å²) in [5.41, 5.74) is 0.298. The molecule has 0 saturated carbocycles. The number of carboxylic acid groups (broad SMARTS) is 1. The van der Waals surface area contributed by atoms with Gasteiger partial charge in [-0.25, -0.2) is 0 Å². The summed E-state index contributed by atoms with van der Waals surface area (Å²) in [4.78, 5) is 12.9. The number of hydrogen-bond acceptors (Lipinski definition) is 7. The van der Waals surface area contributed by atoms with Gasteiger partial charge in [-0.3, -0.25) is 4.79 Å². The molecule has 0 aromatic carbocycles. The lowest BCUT2D eigenvalue weighted by Gasteiger charge is -2.37. The molecule has 0 unspecified atom stereocenters. The summed E-state index contributed by atoms with van der Waals surface area (Å²) in [6, 6.07) is 0. The van der Waals surface area contributed by atoms with Crippen LogP contribution in [0.3, 0.4) is 0 Å². The number of aromatic nitrogens is 2. The molecule has 1 fully saturated rings. The molecule has 2 rings (SSSR count). The van der Waals surface area contributed by atoms with Gasteiger partial charge in [0.25, 0.3) is 0 Å². The van der Waals surface area contributed by atoms with Gasteiger partial charge in [-0.2, -0.15) is 0 Å². The molecular weight excluding hydrogens is 296 g/mol. The zero-order valence-corrected chi connectivity index (χ0v) is 13.4. The molecule has 0 amide bonds. The largest absolute Gasteiger partial charge is 0.481 e. The van der Waals surface area contributed by atoms with Crippen LogP contribution in [0.15, 0.2) is 4.34 Å².